The SMILES string of the molecule is Cc1cc[n+]([O-])c(C)c1-c1ccc(NC(=O)C(N)C2(C)CCCCC2)cc1. The number of carbonyl (C=O) groups is 1. The van der Waals surface area contributed by atoms with Crippen molar-refractivity contribution in [2.24, 2.45) is 11.1 Å². The molecule has 5 heteroatoms. The summed E-state index contributed by atoms with van der Waals surface area (Å²) in [6, 6.07) is 8.90. The van der Waals surface area contributed by atoms with E-state index in [-0.39, 0.29) is 11.3 Å². The Kier molecular flexibility index (Phi) is 5.51. The molecule has 3 rings (SSSR count). The number of nitrogens with two attached hydrogens (primary N) is 1. The van der Waals surface area contributed by atoms with Crippen molar-refractivity contribution in [1.29, 1.82) is 0 Å². The Bertz CT molecular complexity index is 824. The van der Waals surface area contributed by atoms with Crippen LogP contribution in [-0.4, -0.2) is 11.9 Å². The summed E-state index contributed by atoms with van der Waals surface area (Å²) in [7, 11) is 0. The molecule has 1 aromatic carbocycles. The molecule has 1 aliphatic rings. The van der Waals surface area contributed by atoms with Gasteiger partial charge in [0.2, 0.25) is 5.91 Å². The van der Waals surface area contributed by atoms with E-state index in [9.17, 15) is 10.0 Å². The van der Waals surface area contributed by atoms with Crippen LogP contribution in [0.5, 0.6) is 0 Å². The van der Waals surface area contributed by atoms with Crippen LogP contribution in [0, 0.1) is 24.5 Å². The van der Waals surface area contributed by atoms with Crippen LogP contribution in [0.2, 0.25) is 0 Å². The van der Waals surface area contributed by atoms with Gasteiger partial charge in [0.25, 0.3) is 0 Å². The van der Waals surface area contributed by atoms with E-state index in [1.165, 1.54) is 12.6 Å². The van der Waals surface area contributed by atoms with Gasteiger partial charge in [-0.2, -0.15) is 4.73 Å². The smallest absolute Gasteiger partial charge is 0.241 e. The highest BCUT2D eigenvalue weighted by Gasteiger charge is 2.37. The van der Waals surface area contributed by atoms with Crippen molar-refractivity contribution < 1.29 is 9.52 Å². The van der Waals surface area contributed by atoms with Crippen LogP contribution in [0.15, 0.2) is 36.5 Å². The van der Waals surface area contributed by atoms with Crippen molar-refractivity contribution in [3.05, 3.63) is 53.0 Å². The van der Waals surface area contributed by atoms with Gasteiger partial charge in [-0.3, -0.25) is 4.79 Å². The molecule has 1 aromatic heterocycles. The molecule has 0 spiro atoms. The maximum absolute atomic E-state index is 12.6. The number of aromatic nitrogens is 1. The Hall–Kier alpha value is -2.40. The fourth-order valence-corrected chi connectivity index (χ4v) is 4.13. The highest BCUT2D eigenvalue weighted by Crippen LogP contribution is 2.38. The molecular weight excluding hydrogens is 338 g/mol. The van der Waals surface area contributed by atoms with Gasteiger partial charge in [0.1, 0.15) is 0 Å². The Balaban J connectivity index is 1.75. The van der Waals surface area contributed by atoms with Crippen LogP contribution in [0.1, 0.15) is 50.3 Å². The predicted octanol–water partition coefficient (Wildman–Crippen LogP) is 3.84. The lowest BCUT2D eigenvalue weighted by atomic mass is 9.70. The van der Waals surface area contributed by atoms with Gasteiger partial charge in [-0.1, -0.05) is 38.3 Å². The second-order valence-electron chi connectivity index (χ2n) is 8.04. The van der Waals surface area contributed by atoms with Gasteiger partial charge in [-0.15, -0.1) is 0 Å². The predicted molar refractivity (Wildman–Crippen MR) is 108 cm³/mol. The zero-order chi connectivity index (χ0) is 19.6. The van der Waals surface area contributed by atoms with E-state index in [0.717, 1.165) is 52.8 Å². The van der Waals surface area contributed by atoms with E-state index in [1.54, 1.807) is 0 Å². The largest absolute Gasteiger partial charge is 0.618 e. The summed E-state index contributed by atoms with van der Waals surface area (Å²) in [6.07, 6.45) is 7.04. The molecule has 5 nitrogen and oxygen atoms in total. The van der Waals surface area contributed by atoms with E-state index in [4.69, 9.17) is 5.73 Å². The summed E-state index contributed by atoms with van der Waals surface area (Å²) in [5.41, 5.74) is 10.5. The van der Waals surface area contributed by atoms with Crippen LogP contribution >= 0.6 is 0 Å². The zero-order valence-corrected chi connectivity index (χ0v) is 16.4. The summed E-state index contributed by atoms with van der Waals surface area (Å²) in [5.74, 6) is -0.128. The molecule has 2 aromatic rings. The van der Waals surface area contributed by atoms with Gasteiger partial charge in [-0.05, 0) is 48.4 Å². The second-order valence-corrected chi connectivity index (χ2v) is 8.04. The summed E-state index contributed by atoms with van der Waals surface area (Å²) >= 11 is 0. The summed E-state index contributed by atoms with van der Waals surface area (Å²) in [5, 5.41) is 14.8. The first-order valence-electron chi connectivity index (χ1n) is 9.68. The normalized spacial score (nSPS) is 17.3. The first-order valence-corrected chi connectivity index (χ1v) is 9.68. The minimum Gasteiger partial charge on any atom is -0.618 e. The number of anilines is 1. The molecule has 1 fully saturated rings. The fraction of sp³-hybridized carbons (Fsp3) is 0.455. The van der Waals surface area contributed by atoms with Gasteiger partial charge >= 0.3 is 0 Å². The van der Waals surface area contributed by atoms with Gasteiger partial charge in [0.15, 0.2) is 11.9 Å². The average molecular weight is 367 g/mol. The van der Waals surface area contributed by atoms with Crippen molar-refractivity contribution in [1.82, 2.24) is 0 Å². The average Bonchev–Trinajstić information content (AvgIpc) is 2.66. The quantitative estimate of drug-likeness (QED) is 0.636. The van der Waals surface area contributed by atoms with E-state index in [0.29, 0.717) is 5.69 Å². The van der Waals surface area contributed by atoms with Crippen molar-refractivity contribution >= 4 is 11.6 Å². The number of hydrogen-bond acceptors (Lipinski definition) is 3. The molecule has 1 saturated carbocycles. The lowest BCUT2D eigenvalue weighted by Crippen LogP contribution is -2.49. The molecule has 1 amide bonds. The third-order valence-electron chi connectivity index (χ3n) is 6.02. The first kappa shape index (κ1) is 19.4. The van der Waals surface area contributed by atoms with Crippen LogP contribution in [0.25, 0.3) is 11.1 Å². The van der Waals surface area contributed by atoms with Crippen molar-refractivity contribution in [3.8, 4) is 11.1 Å². The maximum Gasteiger partial charge on any atom is 0.241 e. The van der Waals surface area contributed by atoms with Crippen molar-refractivity contribution in [2.75, 3.05) is 5.32 Å². The monoisotopic (exact) mass is 367 g/mol. The molecule has 1 atom stereocenters. The number of amides is 1. The standard InChI is InChI=1S/C22H29N3O2/c1-15-11-14-25(27)16(2)19(15)17-7-9-18(10-8-17)24-21(26)20(23)22(3)12-5-4-6-13-22/h7-11,14,20H,4-6,12-13,23H2,1-3H3,(H,24,26). The number of nitrogens with zero attached hydrogens (tertiary/aromatic N) is 1. The number of rotatable bonds is 4. The maximum atomic E-state index is 12.6. The highest BCUT2D eigenvalue weighted by atomic mass is 16.5. The number of nitrogens with one attached hydrogen (secondary N) is 1. The van der Waals surface area contributed by atoms with E-state index < -0.39 is 6.04 Å². The number of aryl methyl sites for hydroxylation is 1. The van der Waals surface area contributed by atoms with Gasteiger partial charge in [-0.25, -0.2) is 0 Å². The van der Waals surface area contributed by atoms with E-state index in [1.807, 2.05) is 44.2 Å². The summed E-state index contributed by atoms with van der Waals surface area (Å²) < 4.78 is 0.877. The van der Waals surface area contributed by atoms with Crippen LogP contribution in [0.4, 0.5) is 5.69 Å². The molecule has 1 heterocycles. The minimum atomic E-state index is -0.504. The minimum absolute atomic E-state index is 0.123. The first-order chi connectivity index (χ1) is 12.8. The molecule has 1 unspecified atom stereocenters. The molecule has 144 valence electrons. The lowest BCUT2D eigenvalue weighted by molar-refractivity contribution is -0.611. The molecule has 3 N–H and O–H groups in total. The highest BCUT2D eigenvalue weighted by molar-refractivity contribution is 5.95. The molecule has 0 bridgehead atoms. The van der Waals surface area contributed by atoms with Crippen LogP contribution in [0.3, 0.4) is 0 Å². The molecule has 0 saturated heterocycles. The number of benzene rings is 1. The third-order valence-corrected chi connectivity index (χ3v) is 6.02. The fourth-order valence-electron chi connectivity index (χ4n) is 4.13. The summed E-state index contributed by atoms with van der Waals surface area (Å²) in [4.78, 5) is 12.6. The van der Waals surface area contributed by atoms with E-state index >= 15 is 0 Å². The second kappa shape index (κ2) is 7.69. The Morgan fingerprint density at radius 3 is 2.41 bits per heavy atom. The van der Waals surface area contributed by atoms with E-state index in [2.05, 4.69) is 12.2 Å². The third kappa shape index (κ3) is 3.98. The summed E-state index contributed by atoms with van der Waals surface area (Å²) in [6.45, 7) is 5.93. The van der Waals surface area contributed by atoms with Crippen LogP contribution in [-0.2, 0) is 4.79 Å². The topological polar surface area (TPSA) is 82.1 Å². The number of pyridine rings is 1. The molecule has 0 radical (unpaired) electrons. The number of hydrogen-bond donors (Lipinski definition) is 2. The Morgan fingerprint density at radius 2 is 1.78 bits per heavy atom. The molecule has 0 aliphatic heterocycles. The Labute approximate surface area is 161 Å². The molecular formula is C22H29N3O2. The number of carbonyl (C=O) groups excluding carboxylic acids is 1. The van der Waals surface area contributed by atoms with Crippen molar-refractivity contribution in [3.63, 3.8) is 0 Å². The molecule has 1 aliphatic carbocycles. The zero-order valence-electron chi connectivity index (χ0n) is 16.4. The van der Waals surface area contributed by atoms with Gasteiger partial charge in [0.05, 0.1) is 11.6 Å². The van der Waals surface area contributed by atoms with Gasteiger partial charge in [0, 0.05) is 18.7 Å². The lowest BCUT2D eigenvalue weighted by Gasteiger charge is -2.37. The van der Waals surface area contributed by atoms with Gasteiger partial charge < -0.3 is 16.3 Å². The molecule has 27 heavy (non-hydrogen) atoms. The van der Waals surface area contributed by atoms with Crippen molar-refractivity contribution in [2.45, 2.75) is 58.9 Å². The van der Waals surface area contributed by atoms with Crippen LogP contribution < -0.4 is 15.8 Å². The Morgan fingerprint density at radius 1 is 1.15 bits per heavy atom.